The second kappa shape index (κ2) is 5.78. The summed E-state index contributed by atoms with van der Waals surface area (Å²) in [6.07, 6.45) is 3.48. The van der Waals surface area contributed by atoms with E-state index in [1.165, 1.54) is 17.3 Å². The first-order chi connectivity index (χ1) is 12.1. The van der Waals surface area contributed by atoms with E-state index in [2.05, 4.69) is 17.1 Å². The van der Waals surface area contributed by atoms with Gasteiger partial charge in [-0.15, -0.1) is 0 Å². The number of hydrogen-bond acceptors (Lipinski definition) is 4. The number of hydrogen-bond donors (Lipinski definition) is 1. The van der Waals surface area contributed by atoms with Gasteiger partial charge in [-0.05, 0) is 54.2 Å². The Morgan fingerprint density at radius 1 is 1.40 bits per heavy atom. The lowest BCUT2D eigenvalue weighted by atomic mass is 9.92. The van der Waals surface area contributed by atoms with Crippen LogP contribution in [-0.2, 0) is 6.42 Å². The van der Waals surface area contributed by atoms with E-state index in [0.717, 1.165) is 18.6 Å². The molecule has 1 heterocycles. The SMILES string of the molecule is COc1ccc2c(c1)[C@H]1C(N(C(N)=O)c3ccc(C#N)cn3)[C@H]1CC2. The van der Waals surface area contributed by atoms with Crippen LogP contribution >= 0.6 is 0 Å². The number of carbonyl (C=O) groups is 1. The average Bonchev–Trinajstić information content (AvgIpc) is 3.36. The number of amides is 2. The first-order valence-corrected chi connectivity index (χ1v) is 8.25. The lowest BCUT2D eigenvalue weighted by Gasteiger charge is -2.20. The Labute approximate surface area is 145 Å². The number of rotatable bonds is 3. The van der Waals surface area contributed by atoms with Crippen molar-refractivity contribution in [2.24, 2.45) is 11.7 Å². The normalized spacial score (nSPS) is 23.0. The zero-order valence-corrected chi connectivity index (χ0v) is 13.8. The van der Waals surface area contributed by atoms with Gasteiger partial charge in [0, 0.05) is 12.1 Å². The molecule has 2 N–H and O–H groups in total. The molecule has 6 heteroatoms. The molecule has 4 rings (SSSR count). The van der Waals surface area contributed by atoms with E-state index >= 15 is 0 Å². The molecule has 1 fully saturated rings. The molecule has 0 bridgehead atoms. The number of methoxy groups -OCH3 is 1. The van der Waals surface area contributed by atoms with Gasteiger partial charge < -0.3 is 10.5 Å². The van der Waals surface area contributed by atoms with E-state index < -0.39 is 6.03 Å². The summed E-state index contributed by atoms with van der Waals surface area (Å²) in [7, 11) is 1.66. The number of ether oxygens (including phenoxy) is 1. The van der Waals surface area contributed by atoms with E-state index in [-0.39, 0.29) is 12.0 Å². The van der Waals surface area contributed by atoms with E-state index in [9.17, 15) is 4.79 Å². The molecule has 126 valence electrons. The molecule has 1 aromatic heterocycles. The van der Waals surface area contributed by atoms with Gasteiger partial charge in [0.2, 0.25) is 0 Å². The van der Waals surface area contributed by atoms with Crippen molar-refractivity contribution in [1.29, 1.82) is 5.26 Å². The van der Waals surface area contributed by atoms with Crippen molar-refractivity contribution in [1.82, 2.24) is 4.98 Å². The fraction of sp³-hybridized carbons (Fsp3) is 0.316. The summed E-state index contributed by atoms with van der Waals surface area (Å²) >= 11 is 0. The minimum atomic E-state index is -0.513. The molecule has 25 heavy (non-hydrogen) atoms. The fourth-order valence-corrected chi connectivity index (χ4v) is 4.04. The zero-order chi connectivity index (χ0) is 17.6. The molecular weight excluding hydrogens is 316 g/mol. The molecule has 1 aromatic carbocycles. The van der Waals surface area contributed by atoms with Gasteiger partial charge in [-0.1, -0.05) is 6.07 Å². The standard InChI is InChI=1S/C19H18N4O2/c1-25-13-5-3-12-4-6-14-17(15(12)8-13)18(14)23(19(21)24)16-7-2-11(9-20)10-22-16/h2-3,5,7-8,10,14,17-18H,4,6H2,1H3,(H2,21,24)/t14-,17-,18?/m0/s1. The second-order valence-corrected chi connectivity index (χ2v) is 6.51. The minimum Gasteiger partial charge on any atom is -0.497 e. The number of aryl methyl sites for hydroxylation is 1. The first kappa shape index (κ1) is 15.5. The van der Waals surface area contributed by atoms with Crippen LogP contribution in [0, 0.1) is 17.2 Å². The molecule has 6 nitrogen and oxygen atoms in total. The van der Waals surface area contributed by atoms with Crippen molar-refractivity contribution in [2.75, 3.05) is 12.0 Å². The Kier molecular flexibility index (Phi) is 3.57. The molecule has 2 aliphatic rings. The summed E-state index contributed by atoms with van der Waals surface area (Å²) in [6, 6.07) is 11.0. The van der Waals surface area contributed by atoms with Crippen LogP contribution in [0.1, 0.15) is 29.0 Å². The molecule has 2 amide bonds. The number of pyridine rings is 1. The molecule has 1 saturated carbocycles. The molecule has 1 unspecified atom stereocenters. The Bertz CT molecular complexity index is 872. The second-order valence-electron chi connectivity index (χ2n) is 6.51. The predicted molar refractivity (Wildman–Crippen MR) is 92.3 cm³/mol. The zero-order valence-electron chi connectivity index (χ0n) is 13.8. The summed E-state index contributed by atoms with van der Waals surface area (Å²) < 4.78 is 5.35. The van der Waals surface area contributed by atoms with Gasteiger partial charge >= 0.3 is 6.03 Å². The van der Waals surface area contributed by atoms with Crippen LogP contribution in [-0.4, -0.2) is 24.2 Å². The van der Waals surface area contributed by atoms with E-state index in [0.29, 0.717) is 17.3 Å². The molecule has 0 spiro atoms. The number of carbonyl (C=O) groups excluding carboxylic acids is 1. The Balaban J connectivity index is 1.68. The van der Waals surface area contributed by atoms with Crippen LogP contribution in [0.4, 0.5) is 10.6 Å². The lowest BCUT2D eigenvalue weighted by molar-refractivity contribution is 0.253. The molecule has 2 aromatic rings. The van der Waals surface area contributed by atoms with Crippen LogP contribution in [0.5, 0.6) is 5.75 Å². The molecule has 3 atom stereocenters. The van der Waals surface area contributed by atoms with Gasteiger partial charge in [0.25, 0.3) is 0 Å². The van der Waals surface area contributed by atoms with Crippen molar-refractivity contribution in [3.05, 3.63) is 53.2 Å². The fourth-order valence-electron chi connectivity index (χ4n) is 4.04. The number of nitrogens with zero attached hydrogens (tertiary/aromatic N) is 3. The smallest absolute Gasteiger partial charge is 0.320 e. The number of benzene rings is 1. The maximum absolute atomic E-state index is 12.1. The third kappa shape index (κ3) is 2.49. The molecule has 0 radical (unpaired) electrons. The van der Waals surface area contributed by atoms with Crippen LogP contribution in [0.25, 0.3) is 0 Å². The van der Waals surface area contributed by atoms with Crippen molar-refractivity contribution >= 4 is 11.8 Å². The molecule has 0 saturated heterocycles. The molecule has 2 aliphatic carbocycles. The third-order valence-electron chi connectivity index (χ3n) is 5.25. The van der Waals surface area contributed by atoms with E-state index in [1.807, 2.05) is 12.1 Å². The monoisotopic (exact) mass is 334 g/mol. The quantitative estimate of drug-likeness (QED) is 0.933. The summed E-state index contributed by atoms with van der Waals surface area (Å²) in [6.45, 7) is 0. The van der Waals surface area contributed by atoms with Crippen LogP contribution in [0.3, 0.4) is 0 Å². The largest absolute Gasteiger partial charge is 0.497 e. The topological polar surface area (TPSA) is 92.2 Å². The minimum absolute atomic E-state index is 0.00583. The van der Waals surface area contributed by atoms with Crippen molar-refractivity contribution < 1.29 is 9.53 Å². The van der Waals surface area contributed by atoms with Gasteiger partial charge in [0.05, 0.1) is 18.7 Å². The van der Waals surface area contributed by atoms with E-state index in [1.54, 1.807) is 24.1 Å². The summed E-state index contributed by atoms with van der Waals surface area (Å²) in [5.41, 5.74) is 8.67. The van der Waals surface area contributed by atoms with Gasteiger partial charge in [-0.25, -0.2) is 9.78 Å². The molecular formula is C19H18N4O2. The number of urea groups is 1. The number of primary amides is 1. The van der Waals surface area contributed by atoms with Crippen LogP contribution in [0.15, 0.2) is 36.5 Å². The number of aromatic nitrogens is 1. The number of nitrogens with two attached hydrogens (primary N) is 1. The van der Waals surface area contributed by atoms with Crippen LogP contribution < -0.4 is 15.4 Å². The van der Waals surface area contributed by atoms with Crippen molar-refractivity contribution in [3.8, 4) is 11.8 Å². The Morgan fingerprint density at radius 2 is 2.24 bits per heavy atom. The number of fused-ring (bicyclic) bond motifs is 3. The van der Waals surface area contributed by atoms with Gasteiger partial charge in [0.15, 0.2) is 0 Å². The average molecular weight is 334 g/mol. The summed E-state index contributed by atoms with van der Waals surface area (Å²) in [4.78, 5) is 18.0. The van der Waals surface area contributed by atoms with Crippen LogP contribution in [0.2, 0.25) is 0 Å². The maximum atomic E-state index is 12.1. The molecule has 0 aliphatic heterocycles. The maximum Gasteiger partial charge on any atom is 0.320 e. The highest BCUT2D eigenvalue weighted by molar-refractivity contribution is 5.91. The Hall–Kier alpha value is -3.07. The van der Waals surface area contributed by atoms with E-state index in [4.69, 9.17) is 15.7 Å². The Morgan fingerprint density at radius 3 is 2.88 bits per heavy atom. The highest BCUT2D eigenvalue weighted by Gasteiger charge is 2.57. The highest BCUT2D eigenvalue weighted by atomic mass is 16.5. The van der Waals surface area contributed by atoms with Gasteiger partial charge in [0.1, 0.15) is 17.6 Å². The van der Waals surface area contributed by atoms with Crippen molar-refractivity contribution in [3.63, 3.8) is 0 Å². The number of nitriles is 1. The van der Waals surface area contributed by atoms with Crippen molar-refractivity contribution in [2.45, 2.75) is 24.8 Å². The lowest BCUT2D eigenvalue weighted by Crippen LogP contribution is -2.39. The predicted octanol–water partition coefficient (Wildman–Crippen LogP) is 2.58. The third-order valence-corrected chi connectivity index (χ3v) is 5.25. The number of anilines is 1. The first-order valence-electron chi connectivity index (χ1n) is 8.25. The highest BCUT2D eigenvalue weighted by Crippen LogP contribution is 2.58. The summed E-state index contributed by atoms with van der Waals surface area (Å²) in [5.74, 6) is 1.95. The summed E-state index contributed by atoms with van der Waals surface area (Å²) in [5, 5.41) is 8.92. The van der Waals surface area contributed by atoms with Gasteiger partial charge in [-0.2, -0.15) is 5.26 Å². The van der Waals surface area contributed by atoms with Gasteiger partial charge in [-0.3, -0.25) is 4.90 Å².